The summed E-state index contributed by atoms with van der Waals surface area (Å²) in [5.41, 5.74) is 4.58. The molecule has 3 atom stereocenters. The highest BCUT2D eigenvalue weighted by Crippen LogP contribution is 2.43. The molecular weight excluding hydrogens is 337 g/mol. The number of rotatable bonds is 4. The highest BCUT2D eigenvalue weighted by Gasteiger charge is 2.51. The fraction of sp³-hybridized carbons (Fsp3) is 0.261. The largest absolute Gasteiger partial charge is 0.314 e. The predicted molar refractivity (Wildman–Crippen MR) is 105 cm³/mol. The summed E-state index contributed by atoms with van der Waals surface area (Å²) in [6.45, 7) is 2.61. The minimum atomic E-state index is -0.103. The Morgan fingerprint density at radius 1 is 0.889 bits per heavy atom. The van der Waals surface area contributed by atoms with E-state index >= 15 is 0 Å². The molecule has 0 radical (unpaired) electrons. The van der Waals surface area contributed by atoms with Crippen LogP contribution >= 0.6 is 0 Å². The van der Waals surface area contributed by atoms with E-state index in [0.717, 1.165) is 18.7 Å². The van der Waals surface area contributed by atoms with Crippen LogP contribution < -0.4 is 5.32 Å². The van der Waals surface area contributed by atoms with Gasteiger partial charge in [-0.1, -0.05) is 42.5 Å². The number of piperidine rings is 1. The van der Waals surface area contributed by atoms with Crippen LogP contribution in [0.25, 0.3) is 11.1 Å². The first-order valence-electron chi connectivity index (χ1n) is 9.51. The van der Waals surface area contributed by atoms with Crippen molar-refractivity contribution in [2.75, 3.05) is 13.1 Å². The summed E-state index contributed by atoms with van der Waals surface area (Å²) in [6, 6.07) is 21.0. The van der Waals surface area contributed by atoms with Gasteiger partial charge in [0.1, 0.15) is 5.82 Å². The lowest BCUT2D eigenvalue weighted by atomic mass is 9.72. The molecule has 136 valence electrons. The maximum Gasteiger partial charge on any atom is 0.127 e. The van der Waals surface area contributed by atoms with Crippen LogP contribution in [0.3, 0.4) is 0 Å². The lowest BCUT2D eigenvalue weighted by Crippen LogP contribution is -2.72. The molecule has 5 rings (SSSR count). The lowest BCUT2D eigenvalue weighted by Gasteiger charge is -2.59. The number of benzene rings is 2. The Balaban J connectivity index is 1.35. The van der Waals surface area contributed by atoms with Crippen molar-refractivity contribution < 1.29 is 4.39 Å². The minimum Gasteiger partial charge on any atom is -0.314 e. The van der Waals surface area contributed by atoms with Gasteiger partial charge in [-0.15, -0.1) is 0 Å². The Hall–Kier alpha value is -2.56. The quantitative estimate of drug-likeness (QED) is 0.767. The number of piperazine rings is 1. The van der Waals surface area contributed by atoms with Crippen molar-refractivity contribution in [3.63, 3.8) is 0 Å². The van der Waals surface area contributed by atoms with Crippen molar-refractivity contribution in [2.45, 2.75) is 24.5 Å². The standard InChI is InChI=1S/C23H22FN3/c24-20-4-2-1-3-19(20)15-27-21-13-26-14-22(27)23(21)18-7-5-16(6-8-18)17-9-11-25-12-10-17/h1-12,21-23,26H,13-15H2/t21-,22+,23?. The van der Waals surface area contributed by atoms with Crippen LogP contribution in [0.1, 0.15) is 17.0 Å². The zero-order chi connectivity index (χ0) is 18.2. The van der Waals surface area contributed by atoms with E-state index in [2.05, 4.69) is 39.5 Å². The molecule has 2 saturated heterocycles. The van der Waals surface area contributed by atoms with E-state index in [9.17, 15) is 4.39 Å². The number of fused-ring (bicyclic) bond motifs is 2. The van der Waals surface area contributed by atoms with Crippen LogP contribution in [0, 0.1) is 5.82 Å². The molecule has 0 saturated carbocycles. The van der Waals surface area contributed by atoms with Crippen molar-refractivity contribution >= 4 is 0 Å². The second-order valence-electron chi connectivity index (χ2n) is 7.44. The third-order valence-corrected chi connectivity index (χ3v) is 6.01. The molecule has 1 unspecified atom stereocenters. The Kier molecular flexibility index (Phi) is 4.23. The number of nitrogens with zero attached hydrogens (tertiary/aromatic N) is 2. The van der Waals surface area contributed by atoms with Crippen molar-refractivity contribution in [3.8, 4) is 11.1 Å². The predicted octanol–water partition coefficient (Wildman–Crippen LogP) is 3.83. The van der Waals surface area contributed by atoms with Crippen molar-refractivity contribution in [1.82, 2.24) is 15.2 Å². The van der Waals surface area contributed by atoms with Crippen LogP contribution in [0.15, 0.2) is 73.1 Å². The van der Waals surface area contributed by atoms with Crippen LogP contribution in [-0.2, 0) is 6.54 Å². The third-order valence-electron chi connectivity index (χ3n) is 6.01. The van der Waals surface area contributed by atoms with Crippen molar-refractivity contribution in [3.05, 3.63) is 90.0 Å². The van der Waals surface area contributed by atoms with E-state index in [4.69, 9.17) is 0 Å². The fourth-order valence-electron chi connectivity index (χ4n) is 4.63. The van der Waals surface area contributed by atoms with Gasteiger partial charge in [0.15, 0.2) is 0 Å². The SMILES string of the molecule is Fc1ccccc1CN1[C@@H]2CNC[C@H]1C2c1ccc(-c2ccncc2)cc1. The summed E-state index contributed by atoms with van der Waals surface area (Å²) in [5, 5.41) is 3.51. The number of hydrogen-bond donors (Lipinski definition) is 1. The monoisotopic (exact) mass is 359 g/mol. The zero-order valence-corrected chi connectivity index (χ0v) is 15.1. The Labute approximate surface area is 158 Å². The molecular formula is C23H22FN3. The molecule has 2 bridgehead atoms. The molecule has 1 N–H and O–H groups in total. The van der Waals surface area contributed by atoms with E-state index < -0.39 is 0 Å². The number of hydrogen-bond acceptors (Lipinski definition) is 3. The average Bonchev–Trinajstić information content (AvgIpc) is 2.74. The Morgan fingerprint density at radius 3 is 2.26 bits per heavy atom. The van der Waals surface area contributed by atoms with Gasteiger partial charge in [-0.3, -0.25) is 9.88 Å². The zero-order valence-electron chi connectivity index (χ0n) is 15.1. The Morgan fingerprint density at radius 2 is 1.56 bits per heavy atom. The van der Waals surface area contributed by atoms with E-state index in [-0.39, 0.29) is 5.82 Å². The van der Waals surface area contributed by atoms with Crippen LogP contribution in [0.4, 0.5) is 4.39 Å². The number of halogens is 1. The van der Waals surface area contributed by atoms with Crippen molar-refractivity contribution in [2.24, 2.45) is 0 Å². The van der Waals surface area contributed by atoms with Gasteiger partial charge in [-0.25, -0.2) is 4.39 Å². The van der Waals surface area contributed by atoms with Gasteiger partial charge in [-0.05, 0) is 34.9 Å². The molecule has 2 aliphatic rings. The fourth-order valence-corrected chi connectivity index (χ4v) is 4.63. The molecule has 27 heavy (non-hydrogen) atoms. The molecule has 0 aliphatic carbocycles. The van der Waals surface area contributed by atoms with E-state index in [1.54, 1.807) is 12.1 Å². The first-order chi connectivity index (χ1) is 13.3. The molecule has 2 aromatic carbocycles. The molecule has 4 heteroatoms. The molecule has 2 fully saturated rings. The van der Waals surface area contributed by atoms with E-state index in [1.807, 2.05) is 36.7 Å². The second kappa shape index (κ2) is 6.87. The van der Waals surface area contributed by atoms with Crippen LogP contribution in [-0.4, -0.2) is 35.1 Å². The number of aromatic nitrogens is 1. The summed E-state index contributed by atoms with van der Waals surface area (Å²) in [5.74, 6) is 0.415. The first kappa shape index (κ1) is 16.6. The third kappa shape index (κ3) is 2.95. The summed E-state index contributed by atoms with van der Waals surface area (Å²) in [4.78, 5) is 6.54. The lowest BCUT2D eigenvalue weighted by molar-refractivity contribution is -0.0489. The maximum atomic E-state index is 14.1. The van der Waals surface area contributed by atoms with Gasteiger partial charge >= 0.3 is 0 Å². The summed E-state index contributed by atoms with van der Waals surface area (Å²) >= 11 is 0. The van der Waals surface area contributed by atoms with Gasteiger partial charge in [0, 0.05) is 55.6 Å². The summed E-state index contributed by atoms with van der Waals surface area (Å²) < 4.78 is 14.1. The van der Waals surface area contributed by atoms with Gasteiger partial charge in [0.05, 0.1) is 0 Å². The van der Waals surface area contributed by atoms with Gasteiger partial charge < -0.3 is 5.32 Å². The van der Waals surface area contributed by atoms with E-state index in [0.29, 0.717) is 24.5 Å². The molecule has 3 heterocycles. The second-order valence-corrected chi connectivity index (χ2v) is 7.44. The minimum absolute atomic E-state index is 0.103. The molecule has 3 nitrogen and oxygen atoms in total. The number of nitrogens with one attached hydrogen (secondary N) is 1. The smallest absolute Gasteiger partial charge is 0.127 e. The summed E-state index contributed by atoms with van der Waals surface area (Å²) in [7, 11) is 0. The molecule has 1 aromatic heterocycles. The van der Waals surface area contributed by atoms with Gasteiger partial charge in [0.2, 0.25) is 0 Å². The average molecular weight is 359 g/mol. The highest BCUT2D eigenvalue weighted by molar-refractivity contribution is 5.63. The normalized spacial score (nSPS) is 24.4. The van der Waals surface area contributed by atoms with Crippen molar-refractivity contribution in [1.29, 1.82) is 0 Å². The van der Waals surface area contributed by atoms with Gasteiger partial charge in [0.25, 0.3) is 0 Å². The topological polar surface area (TPSA) is 28.2 Å². The Bertz CT molecular complexity index is 914. The molecule has 0 spiro atoms. The van der Waals surface area contributed by atoms with Gasteiger partial charge in [-0.2, -0.15) is 0 Å². The molecule has 0 amide bonds. The highest BCUT2D eigenvalue weighted by atomic mass is 19.1. The number of pyridine rings is 1. The van der Waals surface area contributed by atoms with Crippen LogP contribution in [0.5, 0.6) is 0 Å². The molecule has 3 aromatic rings. The molecule has 2 aliphatic heterocycles. The first-order valence-corrected chi connectivity index (χ1v) is 9.51. The summed E-state index contributed by atoms with van der Waals surface area (Å²) in [6.07, 6.45) is 3.65. The van der Waals surface area contributed by atoms with E-state index in [1.165, 1.54) is 16.7 Å². The maximum absolute atomic E-state index is 14.1. The van der Waals surface area contributed by atoms with Crippen LogP contribution in [0.2, 0.25) is 0 Å².